The van der Waals surface area contributed by atoms with Crippen LogP contribution in [0.15, 0.2) is 82.7 Å². The maximum Gasteiger partial charge on any atom is 0.269 e. The number of aromatic nitrogens is 1. The van der Waals surface area contributed by atoms with Crippen molar-refractivity contribution in [1.82, 2.24) is 9.99 Å². The molecule has 1 aliphatic heterocycles. The molecule has 0 aliphatic carbocycles. The van der Waals surface area contributed by atoms with Gasteiger partial charge < -0.3 is 4.98 Å². The van der Waals surface area contributed by atoms with Crippen molar-refractivity contribution in [2.75, 3.05) is 0 Å². The molecular formula is C26H19ClN4O4. The van der Waals surface area contributed by atoms with Crippen LogP contribution in [0.3, 0.4) is 0 Å². The zero-order valence-corrected chi connectivity index (χ0v) is 19.3. The highest BCUT2D eigenvalue weighted by atomic mass is 35.5. The van der Waals surface area contributed by atoms with Crippen molar-refractivity contribution in [2.24, 2.45) is 5.10 Å². The Morgan fingerprint density at radius 1 is 1.09 bits per heavy atom. The molecule has 8 nitrogen and oxygen atoms in total. The SMILES string of the molecule is CC(=O)N1N=C(c2c(-c3ccccc3)c3cc(Cl)ccc3[nH]c2=O)C[C@H]1c1cccc([N+](=O)[O-])c1. The number of hydrogen-bond donors (Lipinski definition) is 1. The fourth-order valence-corrected chi connectivity index (χ4v) is 4.67. The van der Waals surface area contributed by atoms with E-state index >= 15 is 0 Å². The number of H-pyrrole nitrogens is 1. The normalized spacial score (nSPS) is 15.3. The van der Waals surface area contributed by atoms with Gasteiger partial charge in [0.15, 0.2) is 0 Å². The predicted molar refractivity (Wildman–Crippen MR) is 135 cm³/mol. The number of carbonyl (C=O) groups is 1. The quantitative estimate of drug-likeness (QED) is 0.305. The molecule has 0 bridgehead atoms. The summed E-state index contributed by atoms with van der Waals surface area (Å²) in [4.78, 5) is 39.6. The Balaban J connectivity index is 1.72. The second-order valence-corrected chi connectivity index (χ2v) is 8.68. The summed E-state index contributed by atoms with van der Waals surface area (Å²) < 4.78 is 0. The van der Waals surface area contributed by atoms with Gasteiger partial charge in [0.1, 0.15) is 0 Å². The minimum atomic E-state index is -0.583. The van der Waals surface area contributed by atoms with Gasteiger partial charge in [-0.05, 0) is 29.3 Å². The lowest BCUT2D eigenvalue weighted by Crippen LogP contribution is -2.24. The minimum absolute atomic E-state index is 0.0809. The number of non-ortho nitro benzene ring substituents is 1. The fraction of sp³-hybridized carbons (Fsp3) is 0.115. The first-order valence-corrected chi connectivity index (χ1v) is 11.2. The topological polar surface area (TPSA) is 109 Å². The van der Waals surface area contributed by atoms with E-state index in [1.165, 1.54) is 24.1 Å². The molecule has 0 spiro atoms. The number of amides is 1. The zero-order chi connectivity index (χ0) is 24.7. The number of aromatic amines is 1. The molecule has 1 aliphatic rings. The monoisotopic (exact) mass is 486 g/mol. The number of halogens is 1. The third-order valence-electron chi connectivity index (χ3n) is 6.03. The Labute approximate surface area is 204 Å². The lowest BCUT2D eigenvalue weighted by atomic mass is 9.91. The summed E-state index contributed by atoms with van der Waals surface area (Å²) >= 11 is 6.31. The lowest BCUT2D eigenvalue weighted by molar-refractivity contribution is -0.384. The van der Waals surface area contributed by atoms with E-state index in [9.17, 15) is 19.7 Å². The van der Waals surface area contributed by atoms with Crippen molar-refractivity contribution in [3.63, 3.8) is 0 Å². The van der Waals surface area contributed by atoms with Crippen molar-refractivity contribution in [3.05, 3.63) is 109 Å². The maximum absolute atomic E-state index is 13.4. The molecule has 1 N–H and O–H groups in total. The van der Waals surface area contributed by atoms with Crippen LogP contribution in [0.25, 0.3) is 22.0 Å². The van der Waals surface area contributed by atoms with E-state index in [1.807, 2.05) is 30.3 Å². The van der Waals surface area contributed by atoms with Crippen LogP contribution in [0, 0.1) is 10.1 Å². The number of nitro benzene ring substituents is 1. The van der Waals surface area contributed by atoms with Crippen molar-refractivity contribution in [3.8, 4) is 11.1 Å². The number of hydrazone groups is 1. The molecule has 0 fully saturated rings. The first-order valence-electron chi connectivity index (χ1n) is 10.9. The standard InChI is InChI=1S/C26H19ClN4O4/c1-15(32)30-23(17-8-5-9-19(12-17)31(34)35)14-22(29-30)25-24(16-6-3-2-4-7-16)20-13-18(27)10-11-21(20)28-26(25)33/h2-13,23H,14H2,1H3,(H,28,33)/t23-/m0/s1. The Kier molecular flexibility index (Phi) is 5.66. The number of nitrogens with zero attached hydrogens (tertiary/aromatic N) is 3. The van der Waals surface area contributed by atoms with E-state index in [4.69, 9.17) is 11.6 Å². The molecule has 2 heterocycles. The molecule has 0 unspecified atom stereocenters. The van der Waals surface area contributed by atoms with Gasteiger partial charge in [-0.2, -0.15) is 5.10 Å². The van der Waals surface area contributed by atoms with Gasteiger partial charge in [-0.25, -0.2) is 5.01 Å². The number of fused-ring (bicyclic) bond motifs is 1. The highest BCUT2D eigenvalue weighted by Crippen LogP contribution is 2.38. The van der Waals surface area contributed by atoms with Crippen LogP contribution < -0.4 is 5.56 Å². The van der Waals surface area contributed by atoms with Crippen LogP contribution >= 0.6 is 11.6 Å². The van der Waals surface area contributed by atoms with Gasteiger partial charge in [0.05, 0.1) is 22.2 Å². The number of hydrogen-bond acceptors (Lipinski definition) is 5. The van der Waals surface area contributed by atoms with Gasteiger partial charge in [-0.1, -0.05) is 54.1 Å². The van der Waals surface area contributed by atoms with Crippen molar-refractivity contribution in [2.45, 2.75) is 19.4 Å². The summed E-state index contributed by atoms with van der Waals surface area (Å²) in [6.45, 7) is 1.37. The molecular weight excluding hydrogens is 468 g/mol. The first-order chi connectivity index (χ1) is 16.8. The molecule has 1 aromatic heterocycles. The van der Waals surface area contributed by atoms with E-state index in [-0.39, 0.29) is 23.6 Å². The Hall–Kier alpha value is -4.30. The molecule has 9 heteroatoms. The predicted octanol–water partition coefficient (Wildman–Crippen LogP) is 5.45. The summed E-state index contributed by atoms with van der Waals surface area (Å²) in [6.07, 6.45) is 0.218. The molecule has 0 radical (unpaired) electrons. The molecule has 4 aromatic rings. The van der Waals surface area contributed by atoms with E-state index in [0.717, 1.165) is 10.9 Å². The Bertz CT molecular complexity index is 1580. The van der Waals surface area contributed by atoms with Crippen molar-refractivity contribution < 1.29 is 9.72 Å². The molecule has 174 valence electrons. The number of benzene rings is 3. The largest absolute Gasteiger partial charge is 0.321 e. The van der Waals surface area contributed by atoms with Crippen molar-refractivity contribution in [1.29, 1.82) is 0 Å². The third kappa shape index (κ3) is 4.08. The summed E-state index contributed by atoms with van der Waals surface area (Å²) in [7, 11) is 0. The van der Waals surface area contributed by atoms with Gasteiger partial charge in [-0.3, -0.25) is 19.7 Å². The molecule has 1 amide bonds. The second-order valence-electron chi connectivity index (χ2n) is 8.24. The van der Waals surface area contributed by atoms with Crippen LogP contribution in [0.2, 0.25) is 5.02 Å². The highest BCUT2D eigenvalue weighted by Gasteiger charge is 2.34. The second kappa shape index (κ2) is 8.81. The van der Waals surface area contributed by atoms with Crippen LogP contribution in [0.1, 0.15) is 30.5 Å². The molecule has 3 aromatic carbocycles. The average molecular weight is 487 g/mol. The van der Waals surface area contributed by atoms with E-state index < -0.39 is 11.0 Å². The number of rotatable bonds is 4. The third-order valence-corrected chi connectivity index (χ3v) is 6.26. The van der Waals surface area contributed by atoms with Crippen LogP contribution in [0.4, 0.5) is 5.69 Å². The van der Waals surface area contributed by atoms with Gasteiger partial charge in [0.25, 0.3) is 11.2 Å². The number of nitrogens with one attached hydrogen (secondary N) is 1. The maximum atomic E-state index is 13.4. The summed E-state index contributed by atoms with van der Waals surface area (Å²) in [5.41, 5.74) is 2.98. The van der Waals surface area contributed by atoms with Gasteiger partial charge >= 0.3 is 0 Å². The lowest BCUT2D eigenvalue weighted by Gasteiger charge is -2.20. The first kappa shape index (κ1) is 22.5. The van der Waals surface area contributed by atoms with E-state index in [0.29, 0.717) is 32.9 Å². The number of carbonyl (C=O) groups excluding carboxylic acids is 1. The highest BCUT2D eigenvalue weighted by molar-refractivity contribution is 6.31. The fourth-order valence-electron chi connectivity index (χ4n) is 4.50. The van der Waals surface area contributed by atoms with Crippen LogP contribution in [-0.2, 0) is 4.79 Å². The van der Waals surface area contributed by atoms with E-state index in [1.54, 1.807) is 30.3 Å². The average Bonchev–Trinajstić information content (AvgIpc) is 3.29. The molecule has 0 saturated carbocycles. The van der Waals surface area contributed by atoms with Gasteiger partial charge in [0, 0.05) is 47.0 Å². The smallest absolute Gasteiger partial charge is 0.269 e. The molecule has 0 saturated heterocycles. The molecule has 1 atom stereocenters. The Morgan fingerprint density at radius 2 is 1.86 bits per heavy atom. The van der Waals surface area contributed by atoms with E-state index in [2.05, 4.69) is 10.1 Å². The number of pyridine rings is 1. The summed E-state index contributed by atoms with van der Waals surface area (Å²) in [5, 5.41) is 18.4. The zero-order valence-electron chi connectivity index (χ0n) is 18.6. The number of nitro groups is 1. The van der Waals surface area contributed by atoms with Crippen LogP contribution in [-0.4, -0.2) is 26.5 Å². The molecule has 5 rings (SSSR count). The van der Waals surface area contributed by atoms with Gasteiger partial charge in [0.2, 0.25) is 5.91 Å². The minimum Gasteiger partial charge on any atom is -0.321 e. The van der Waals surface area contributed by atoms with Crippen molar-refractivity contribution >= 4 is 39.8 Å². The Morgan fingerprint density at radius 3 is 2.57 bits per heavy atom. The summed E-state index contributed by atoms with van der Waals surface area (Å²) in [6, 6.07) is 20.2. The summed E-state index contributed by atoms with van der Waals surface area (Å²) in [5.74, 6) is -0.335. The van der Waals surface area contributed by atoms with Gasteiger partial charge in [-0.15, -0.1) is 0 Å². The van der Waals surface area contributed by atoms with Crippen LogP contribution in [0.5, 0.6) is 0 Å². The molecule has 35 heavy (non-hydrogen) atoms.